The number of nitrogens with one attached hydrogen (secondary N) is 2. The molecule has 0 spiro atoms. The molecule has 3 rings (SSSR count). The Morgan fingerprint density at radius 3 is 2.88 bits per heavy atom. The van der Waals surface area contributed by atoms with Crippen LogP contribution in [0.2, 0.25) is 0 Å². The molecule has 2 aromatic heterocycles. The predicted molar refractivity (Wildman–Crippen MR) is 94.6 cm³/mol. The smallest absolute Gasteiger partial charge is 0.226 e. The lowest BCUT2D eigenvalue weighted by molar-refractivity contribution is -0.116. The quantitative estimate of drug-likeness (QED) is 0.866. The van der Waals surface area contributed by atoms with Gasteiger partial charge < -0.3 is 15.2 Å². The van der Waals surface area contributed by atoms with Crippen LogP contribution in [-0.2, 0) is 4.79 Å². The molecule has 0 bridgehead atoms. The molecular formula is C17H24N4O2S. The zero-order chi connectivity index (χ0) is 17.1. The number of carbonyl (C=O) groups is 1. The molecular weight excluding hydrogens is 324 g/mol. The summed E-state index contributed by atoms with van der Waals surface area (Å²) in [6.07, 6.45) is 4.58. The number of hydrogen-bond donors (Lipinski definition) is 2. The summed E-state index contributed by atoms with van der Waals surface area (Å²) in [5, 5.41) is 11.0. The van der Waals surface area contributed by atoms with Crippen molar-refractivity contribution in [2.75, 3.05) is 18.4 Å². The van der Waals surface area contributed by atoms with E-state index in [4.69, 9.17) is 4.52 Å². The Morgan fingerprint density at radius 1 is 1.46 bits per heavy atom. The Kier molecular flexibility index (Phi) is 5.30. The monoisotopic (exact) mass is 348 g/mol. The van der Waals surface area contributed by atoms with Gasteiger partial charge in [-0.15, -0.1) is 11.3 Å². The Morgan fingerprint density at radius 2 is 2.21 bits per heavy atom. The van der Waals surface area contributed by atoms with Crippen LogP contribution in [-0.4, -0.2) is 29.1 Å². The van der Waals surface area contributed by atoms with Crippen LogP contribution < -0.4 is 10.6 Å². The molecule has 0 aromatic carbocycles. The van der Waals surface area contributed by atoms with Crippen molar-refractivity contribution < 1.29 is 9.32 Å². The van der Waals surface area contributed by atoms with Gasteiger partial charge in [0.25, 0.3) is 0 Å². The summed E-state index contributed by atoms with van der Waals surface area (Å²) >= 11 is 1.60. The molecule has 1 aliphatic rings. The number of nitrogens with zero attached hydrogens (tertiary/aromatic N) is 2. The number of anilines is 1. The van der Waals surface area contributed by atoms with Crippen molar-refractivity contribution in [2.24, 2.45) is 0 Å². The molecule has 1 aliphatic heterocycles. The zero-order valence-electron chi connectivity index (χ0n) is 14.4. The predicted octanol–water partition coefficient (Wildman–Crippen LogP) is 3.35. The lowest BCUT2D eigenvalue weighted by atomic mass is 9.96. The van der Waals surface area contributed by atoms with E-state index >= 15 is 0 Å². The van der Waals surface area contributed by atoms with Crippen molar-refractivity contribution in [3.05, 3.63) is 28.1 Å². The Bertz CT molecular complexity index is 684. The molecule has 1 amide bonds. The van der Waals surface area contributed by atoms with E-state index in [0.29, 0.717) is 17.5 Å². The second-order valence-corrected chi connectivity index (χ2v) is 7.55. The van der Waals surface area contributed by atoms with Gasteiger partial charge in [-0.1, -0.05) is 12.1 Å². The zero-order valence-corrected chi connectivity index (χ0v) is 15.2. The van der Waals surface area contributed by atoms with E-state index in [2.05, 4.69) is 20.8 Å². The van der Waals surface area contributed by atoms with Gasteiger partial charge in [-0.3, -0.25) is 4.79 Å². The van der Waals surface area contributed by atoms with Crippen LogP contribution in [0.1, 0.15) is 59.9 Å². The lowest BCUT2D eigenvalue weighted by Crippen LogP contribution is -2.26. The summed E-state index contributed by atoms with van der Waals surface area (Å²) in [6.45, 7) is 7.93. The molecule has 24 heavy (non-hydrogen) atoms. The normalized spacial score (nSPS) is 17.0. The molecule has 6 nitrogen and oxygen atoms in total. The van der Waals surface area contributed by atoms with E-state index in [1.54, 1.807) is 11.3 Å². The van der Waals surface area contributed by atoms with Crippen molar-refractivity contribution >= 4 is 22.4 Å². The SMILES string of the molecule is Cc1noc(C)c1C(C)CC(=O)Nc1ncc(C2CCNCC2)s1. The first-order valence-corrected chi connectivity index (χ1v) is 9.25. The minimum atomic E-state index is -0.0197. The van der Waals surface area contributed by atoms with E-state index in [0.717, 1.165) is 42.9 Å². The van der Waals surface area contributed by atoms with Crippen LogP contribution in [0.4, 0.5) is 5.13 Å². The Balaban J connectivity index is 1.58. The van der Waals surface area contributed by atoms with Crippen LogP contribution >= 0.6 is 11.3 Å². The maximum absolute atomic E-state index is 12.3. The van der Waals surface area contributed by atoms with Gasteiger partial charge in [-0.2, -0.15) is 0 Å². The summed E-state index contributed by atoms with van der Waals surface area (Å²) in [6, 6.07) is 0. The minimum absolute atomic E-state index is 0.0197. The van der Waals surface area contributed by atoms with E-state index in [1.807, 2.05) is 27.0 Å². The fourth-order valence-electron chi connectivity index (χ4n) is 3.38. The van der Waals surface area contributed by atoms with Crippen LogP contribution in [0.15, 0.2) is 10.7 Å². The maximum Gasteiger partial charge on any atom is 0.226 e. The fourth-order valence-corrected chi connectivity index (χ4v) is 4.38. The second-order valence-electron chi connectivity index (χ2n) is 6.48. The highest BCUT2D eigenvalue weighted by molar-refractivity contribution is 7.15. The van der Waals surface area contributed by atoms with Gasteiger partial charge in [0.2, 0.25) is 5.91 Å². The van der Waals surface area contributed by atoms with Gasteiger partial charge in [0.1, 0.15) is 5.76 Å². The summed E-state index contributed by atoms with van der Waals surface area (Å²) in [4.78, 5) is 18.0. The highest BCUT2D eigenvalue weighted by Gasteiger charge is 2.21. The average Bonchev–Trinajstić information content (AvgIpc) is 3.15. The third-order valence-corrected chi connectivity index (χ3v) is 5.66. The van der Waals surface area contributed by atoms with Crippen LogP contribution in [0.5, 0.6) is 0 Å². The molecule has 0 aliphatic carbocycles. The highest BCUT2D eigenvalue weighted by atomic mass is 32.1. The van der Waals surface area contributed by atoms with E-state index in [9.17, 15) is 4.79 Å². The van der Waals surface area contributed by atoms with Crippen molar-refractivity contribution in [2.45, 2.75) is 51.9 Å². The van der Waals surface area contributed by atoms with E-state index in [-0.39, 0.29) is 11.8 Å². The number of hydrogen-bond acceptors (Lipinski definition) is 6. The first kappa shape index (κ1) is 17.1. The molecule has 3 heterocycles. The van der Waals surface area contributed by atoms with Gasteiger partial charge in [-0.05, 0) is 51.6 Å². The van der Waals surface area contributed by atoms with Gasteiger partial charge in [-0.25, -0.2) is 4.98 Å². The van der Waals surface area contributed by atoms with Gasteiger partial charge in [0.05, 0.1) is 5.69 Å². The van der Waals surface area contributed by atoms with Gasteiger partial charge >= 0.3 is 0 Å². The molecule has 1 fully saturated rings. The summed E-state index contributed by atoms with van der Waals surface area (Å²) < 4.78 is 5.19. The van der Waals surface area contributed by atoms with Gasteiger partial charge in [0.15, 0.2) is 5.13 Å². The highest BCUT2D eigenvalue weighted by Crippen LogP contribution is 2.32. The molecule has 1 atom stereocenters. The van der Waals surface area contributed by atoms with E-state index in [1.165, 1.54) is 4.88 Å². The number of amides is 1. The average molecular weight is 348 g/mol. The molecule has 0 radical (unpaired) electrons. The number of aryl methyl sites for hydroxylation is 2. The standard InChI is InChI=1S/C17H24N4O2S/c1-10(16-11(2)21-23-12(16)3)8-15(22)20-17-19-9-14(24-17)13-4-6-18-7-5-13/h9-10,13,18H,4-8H2,1-3H3,(H,19,20,22). The molecule has 1 saturated heterocycles. The number of piperidine rings is 1. The number of rotatable bonds is 5. The number of carbonyl (C=O) groups excluding carboxylic acids is 1. The molecule has 130 valence electrons. The molecule has 2 aromatic rings. The third kappa shape index (κ3) is 3.84. The van der Waals surface area contributed by atoms with Crippen molar-refractivity contribution in [3.63, 3.8) is 0 Å². The minimum Gasteiger partial charge on any atom is -0.361 e. The van der Waals surface area contributed by atoms with Crippen LogP contribution in [0, 0.1) is 13.8 Å². The first-order valence-electron chi connectivity index (χ1n) is 8.43. The van der Waals surface area contributed by atoms with Crippen molar-refractivity contribution in [1.82, 2.24) is 15.5 Å². The molecule has 2 N–H and O–H groups in total. The maximum atomic E-state index is 12.3. The second kappa shape index (κ2) is 7.44. The largest absolute Gasteiger partial charge is 0.361 e. The topological polar surface area (TPSA) is 80.1 Å². The lowest BCUT2D eigenvalue weighted by Gasteiger charge is -2.20. The molecule has 7 heteroatoms. The number of aromatic nitrogens is 2. The van der Waals surface area contributed by atoms with Crippen LogP contribution in [0.3, 0.4) is 0 Å². The summed E-state index contributed by atoms with van der Waals surface area (Å²) in [7, 11) is 0. The molecule has 0 saturated carbocycles. The summed E-state index contributed by atoms with van der Waals surface area (Å²) in [5.74, 6) is 1.40. The Labute approximate surface area is 146 Å². The van der Waals surface area contributed by atoms with Crippen molar-refractivity contribution in [1.29, 1.82) is 0 Å². The third-order valence-electron chi connectivity index (χ3n) is 4.58. The van der Waals surface area contributed by atoms with Gasteiger partial charge in [0, 0.05) is 23.1 Å². The summed E-state index contributed by atoms with van der Waals surface area (Å²) in [5.41, 5.74) is 1.88. The fraction of sp³-hybridized carbons (Fsp3) is 0.588. The van der Waals surface area contributed by atoms with E-state index < -0.39 is 0 Å². The van der Waals surface area contributed by atoms with Crippen molar-refractivity contribution in [3.8, 4) is 0 Å². The van der Waals surface area contributed by atoms with Crippen LogP contribution in [0.25, 0.3) is 0 Å². The first-order chi connectivity index (χ1) is 11.5. The molecule has 1 unspecified atom stereocenters. The number of thiazole rings is 1. The Hall–Kier alpha value is -1.73.